The summed E-state index contributed by atoms with van der Waals surface area (Å²) in [6.45, 7) is 1.87. The number of aliphatic hydroxyl groups excluding tert-OH is 1. The Hall–Kier alpha value is -3.81. The van der Waals surface area contributed by atoms with E-state index in [0.717, 1.165) is 32.4 Å². The highest BCUT2D eigenvalue weighted by molar-refractivity contribution is 5.80. The van der Waals surface area contributed by atoms with Gasteiger partial charge in [-0.2, -0.15) is 0 Å². The highest BCUT2D eigenvalue weighted by atomic mass is 16.6. The van der Waals surface area contributed by atoms with Gasteiger partial charge in [0, 0.05) is 24.9 Å². The standard InChI is InChI=1S/2C16H19N3O3.2CH4/c20-15-11-4-1-2-5-12(11)18-10-19(15)9-16(21)8-13-14(22-16)6-3-7-17-13;20-11(8-14-15(21)6-3-7-17-14)9-19-10-18-13-5-2-1-4-12(13)16(19)22;;/h1-2,4-5,10,13-14,17,21H,3,6-9H2;1-2,4-5,10,14-15,17,21H,3,6-9H2;2*1H4/t13-,14+,16?;14-,15+;;/m00../s1. The monoisotopic (exact) mass is 634 g/mol. The number of hydrogen-bond acceptors (Lipinski definition) is 10. The average Bonchev–Trinajstić information content (AvgIpc) is 3.37. The number of Topliss-reactive ketones (excluding diaryl/α,β-unsaturated/α-hetero) is 1. The first kappa shape index (κ1) is 35.1. The van der Waals surface area contributed by atoms with Gasteiger partial charge in [0.05, 0.1) is 59.8 Å². The lowest BCUT2D eigenvalue weighted by molar-refractivity contribution is -0.202. The number of rotatable bonds is 6. The number of ketones is 1. The third-order valence-electron chi connectivity index (χ3n) is 8.65. The Kier molecular flexibility index (Phi) is 11.6. The summed E-state index contributed by atoms with van der Waals surface area (Å²) in [5.74, 6) is -1.39. The summed E-state index contributed by atoms with van der Waals surface area (Å²) in [5.41, 5.74) is 0.931. The van der Waals surface area contributed by atoms with Gasteiger partial charge in [0.15, 0.2) is 11.6 Å². The second kappa shape index (κ2) is 15.2. The lowest BCUT2D eigenvalue weighted by Gasteiger charge is -2.28. The van der Waals surface area contributed by atoms with Crippen LogP contribution in [-0.4, -0.2) is 78.3 Å². The van der Waals surface area contributed by atoms with E-state index in [1.807, 2.05) is 18.2 Å². The molecule has 0 bridgehead atoms. The Labute approximate surface area is 268 Å². The Balaban J connectivity index is 0.000000200. The molecule has 4 aromatic rings. The summed E-state index contributed by atoms with van der Waals surface area (Å²) in [6.07, 6.45) is 6.78. The number of carbonyl (C=O) groups excluding carboxylic acids is 1. The van der Waals surface area contributed by atoms with Gasteiger partial charge >= 0.3 is 0 Å². The number of hydrogen-bond donors (Lipinski definition) is 4. The second-order valence-electron chi connectivity index (χ2n) is 11.9. The minimum Gasteiger partial charge on any atom is -0.391 e. The molecule has 0 spiro atoms. The molecule has 5 heterocycles. The molecular weight excluding hydrogens is 588 g/mol. The van der Waals surface area contributed by atoms with Gasteiger partial charge < -0.3 is 25.6 Å². The number of aromatic nitrogens is 4. The molecule has 2 aromatic carbocycles. The minimum absolute atomic E-state index is 0. The zero-order chi connectivity index (χ0) is 30.7. The minimum atomic E-state index is -1.30. The number of para-hydroxylation sites is 2. The van der Waals surface area contributed by atoms with E-state index in [1.165, 1.54) is 21.8 Å². The maximum absolute atomic E-state index is 12.5. The lowest BCUT2D eigenvalue weighted by Crippen LogP contribution is -2.46. The molecule has 3 saturated heterocycles. The number of ether oxygens (including phenoxy) is 1. The first-order valence-electron chi connectivity index (χ1n) is 15.2. The van der Waals surface area contributed by atoms with Crippen LogP contribution in [0.15, 0.2) is 70.8 Å². The molecular formula is C34H46N6O6. The molecule has 248 valence electrons. The summed E-state index contributed by atoms with van der Waals surface area (Å²) in [6, 6.07) is 14.2. The van der Waals surface area contributed by atoms with Crippen molar-refractivity contribution in [2.75, 3.05) is 13.1 Å². The third kappa shape index (κ3) is 7.76. The van der Waals surface area contributed by atoms with Crippen LogP contribution in [0.3, 0.4) is 0 Å². The van der Waals surface area contributed by atoms with Gasteiger partial charge in [-0.1, -0.05) is 39.1 Å². The molecule has 0 amide bonds. The third-order valence-corrected chi connectivity index (χ3v) is 8.65. The first-order valence-corrected chi connectivity index (χ1v) is 15.2. The quantitative estimate of drug-likeness (QED) is 0.248. The molecule has 3 aliphatic heterocycles. The molecule has 1 unspecified atom stereocenters. The maximum Gasteiger partial charge on any atom is 0.261 e. The molecule has 46 heavy (non-hydrogen) atoms. The molecule has 4 N–H and O–H groups in total. The van der Waals surface area contributed by atoms with E-state index in [-0.39, 0.29) is 69.5 Å². The molecule has 7 rings (SSSR count). The van der Waals surface area contributed by atoms with Crippen molar-refractivity contribution in [3.8, 4) is 0 Å². The van der Waals surface area contributed by atoms with Gasteiger partial charge in [0.2, 0.25) is 0 Å². The van der Waals surface area contributed by atoms with Crippen molar-refractivity contribution < 1.29 is 19.7 Å². The van der Waals surface area contributed by atoms with E-state index in [1.54, 1.807) is 30.3 Å². The highest BCUT2D eigenvalue weighted by Crippen LogP contribution is 2.33. The van der Waals surface area contributed by atoms with Gasteiger partial charge in [-0.15, -0.1) is 0 Å². The molecule has 0 saturated carbocycles. The highest BCUT2D eigenvalue weighted by Gasteiger charge is 2.46. The van der Waals surface area contributed by atoms with E-state index >= 15 is 0 Å². The van der Waals surface area contributed by atoms with Gasteiger partial charge in [0.1, 0.15) is 0 Å². The second-order valence-corrected chi connectivity index (χ2v) is 11.9. The molecule has 0 aliphatic carbocycles. The smallest absolute Gasteiger partial charge is 0.261 e. The van der Waals surface area contributed by atoms with Crippen LogP contribution in [0.2, 0.25) is 0 Å². The molecule has 2 aromatic heterocycles. The number of fused-ring (bicyclic) bond motifs is 3. The topological polar surface area (TPSA) is 161 Å². The van der Waals surface area contributed by atoms with Gasteiger partial charge in [-0.25, -0.2) is 9.97 Å². The number of benzene rings is 2. The van der Waals surface area contributed by atoms with Crippen molar-refractivity contribution in [2.24, 2.45) is 0 Å². The van der Waals surface area contributed by atoms with Crippen LogP contribution >= 0.6 is 0 Å². The van der Waals surface area contributed by atoms with Crippen molar-refractivity contribution in [1.29, 1.82) is 0 Å². The predicted octanol–water partition coefficient (Wildman–Crippen LogP) is 2.37. The molecule has 3 fully saturated rings. The molecule has 0 radical (unpaired) electrons. The number of piperidine rings is 2. The SMILES string of the molecule is C.C.O=C(C[C@@H]1NCCC[C@H]1O)Cn1cnc2ccccc2c1=O.O=c1c2ccccc2ncn1CC1(O)C[C@@H]2NCCC[C@H]2O1. The summed E-state index contributed by atoms with van der Waals surface area (Å²) in [7, 11) is 0. The van der Waals surface area contributed by atoms with Crippen molar-refractivity contribution in [2.45, 2.75) is 96.5 Å². The van der Waals surface area contributed by atoms with Crippen LogP contribution in [0.25, 0.3) is 21.8 Å². The Morgan fingerprint density at radius 1 is 0.891 bits per heavy atom. The summed E-state index contributed by atoms with van der Waals surface area (Å²) in [4.78, 5) is 45.5. The van der Waals surface area contributed by atoms with Gasteiger partial charge in [-0.3, -0.25) is 23.5 Å². The number of nitrogens with zero attached hydrogens (tertiary/aromatic N) is 4. The van der Waals surface area contributed by atoms with Crippen molar-refractivity contribution in [3.05, 3.63) is 81.9 Å². The fraction of sp³-hybridized carbons (Fsp3) is 0.500. The average molecular weight is 635 g/mol. The van der Waals surface area contributed by atoms with Crippen LogP contribution in [0.1, 0.15) is 53.4 Å². The van der Waals surface area contributed by atoms with Gasteiger partial charge in [0.25, 0.3) is 11.1 Å². The molecule has 12 heteroatoms. The molecule has 5 atom stereocenters. The van der Waals surface area contributed by atoms with E-state index in [0.29, 0.717) is 34.6 Å². The van der Waals surface area contributed by atoms with Crippen molar-refractivity contribution >= 4 is 27.6 Å². The number of carbonyl (C=O) groups is 1. The summed E-state index contributed by atoms with van der Waals surface area (Å²) >= 11 is 0. The fourth-order valence-corrected chi connectivity index (χ4v) is 6.39. The van der Waals surface area contributed by atoms with E-state index in [4.69, 9.17) is 4.74 Å². The number of nitrogens with one attached hydrogen (secondary N) is 2. The summed E-state index contributed by atoms with van der Waals surface area (Å²) < 4.78 is 8.61. The van der Waals surface area contributed by atoms with Gasteiger partial charge in [-0.05, 0) is 63.0 Å². The molecule has 12 nitrogen and oxygen atoms in total. The van der Waals surface area contributed by atoms with E-state index in [2.05, 4.69) is 20.6 Å². The van der Waals surface area contributed by atoms with Crippen LogP contribution in [0, 0.1) is 0 Å². The van der Waals surface area contributed by atoms with Crippen LogP contribution < -0.4 is 21.8 Å². The Bertz CT molecular complexity index is 1740. The summed E-state index contributed by atoms with van der Waals surface area (Å²) in [5, 5.41) is 28.2. The lowest BCUT2D eigenvalue weighted by atomic mass is 9.97. The van der Waals surface area contributed by atoms with E-state index in [9.17, 15) is 24.6 Å². The zero-order valence-electron chi connectivity index (χ0n) is 24.5. The van der Waals surface area contributed by atoms with Crippen LogP contribution in [-0.2, 0) is 22.6 Å². The largest absolute Gasteiger partial charge is 0.391 e. The maximum atomic E-state index is 12.5. The Morgan fingerprint density at radius 2 is 1.48 bits per heavy atom. The zero-order valence-corrected chi connectivity index (χ0v) is 24.5. The normalized spacial score (nSPS) is 25.4. The molecule has 3 aliphatic rings. The van der Waals surface area contributed by atoms with E-state index < -0.39 is 11.9 Å². The van der Waals surface area contributed by atoms with Crippen molar-refractivity contribution in [1.82, 2.24) is 29.7 Å². The number of aliphatic hydroxyl groups is 2. The first-order chi connectivity index (χ1) is 21.3. The fourth-order valence-electron chi connectivity index (χ4n) is 6.39. The van der Waals surface area contributed by atoms with Crippen LogP contribution in [0.5, 0.6) is 0 Å². The van der Waals surface area contributed by atoms with Crippen LogP contribution in [0.4, 0.5) is 0 Å². The predicted molar refractivity (Wildman–Crippen MR) is 178 cm³/mol. The Morgan fingerprint density at radius 3 is 2.13 bits per heavy atom. The van der Waals surface area contributed by atoms with Crippen molar-refractivity contribution in [3.63, 3.8) is 0 Å².